The van der Waals surface area contributed by atoms with E-state index >= 15 is 0 Å². The highest BCUT2D eigenvalue weighted by Gasteiger charge is 2.27. The topological polar surface area (TPSA) is 66.6 Å². The van der Waals surface area contributed by atoms with E-state index in [2.05, 4.69) is 5.16 Å². The molecule has 0 radical (unpaired) electrons. The molecule has 0 saturated carbocycles. The van der Waals surface area contributed by atoms with Gasteiger partial charge in [-0.2, -0.15) is 0 Å². The zero-order valence-electron chi connectivity index (χ0n) is 11.8. The van der Waals surface area contributed by atoms with E-state index in [4.69, 9.17) is 9.63 Å². The van der Waals surface area contributed by atoms with Crippen molar-refractivity contribution in [3.63, 3.8) is 0 Å². The van der Waals surface area contributed by atoms with Crippen LogP contribution in [-0.4, -0.2) is 40.8 Å². The van der Waals surface area contributed by atoms with Crippen LogP contribution in [0.1, 0.15) is 49.9 Å². The first kappa shape index (κ1) is 14.1. The molecule has 1 aliphatic heterocycles. The van der Waals surface area contributed by atoms with Crippen molar-refractivity contribution >= 4 is 5.91 Å². The Bertz CT molecular complexity index is 440. The van der Waals surface area contributed by atoms with Crippen LogP contribution in [0.5, 0.6) is 0 Å². The van der Waals surface area contributed by atoms with E-state index in [-0.39, 0.29) is 17.9 Å². The molecule has 5 nitrogen and oxygen atoms in total. The van der Waals surface area contributed by atoms with E-state index in [9.17, 15) is 4.79 Å². The lowest BCUT2D eigenvalue weighted by molar-refractivity contribution is 0.0640. The van der Waals surface area contributed by atoms with Gasteiger partial charge in [-0.3, -0.25) is 4.79 Å². The number of carbonyl (C=O) groups excluding carboxylic acids is 1. The van der Waals surface area contributed by atoms with Crippen molar-refractivity contribution in [3.8, 4) is 0 Å². The number of aromatic nitrogens is 1. The Hall–Kier alpha value is -1.36. The number of amides is 1. The van der Waals surface area contributed by atoms with Crippen molar-refractivity contribution in [2.24, 2.45) is 5.92 Å². The van der Waals surface area contributed by atoms with Crippen molar-refractivity contribution < 1.29 is 14.4 Å². The Kier molecular flexibility index (Phi) is 3.94. The molecule has 106 valence electrons. The van der Waals surface area contributed by atoms with Gasteiger partial charge in [0.05, 0.1) is 0 Å². The molecule has 1 aromatic rings. The molecular formula is C14H22N2O3. The van der Waals surface area contributed by atoms with Gasteiger partial charge in [0.1, 0.15) is 5.76 Å². The number of piperidine rings is 1. The summed E-state index contributed by atoms with van der Waals surface area (Å²) < 4.78 is 5.25. The van der Waals surface area contributed by atoms with Gasteiger partial charge in [0.2, 0.25) is 0 Å². The fourth-order valence-electron chi connectivity index (χ4n) is 2.21. The zero-order valence-corrected chi connectivity index (χ0v) is 11.8. The second-order valence-electron chi connectivity index (χ2n) is 6.24. The summed E-state index contributed by atoms with van der Waals surface area (Å²) in [6.07, 6.45) is 1.71. The molecule has 1 N–H and O–H groups in total. The summed E-state index contributed by atoms with van der Waals surface area (Å²) in [5.74, 6) is 0.975. The molecule has 2 heterocycles. The van der Waals surface area contributed by atoms with Crippen LogP contribution in [0.3, 0.4) is 0 Å². The summed E-state index contributed by atoms with van der Waals surface area (Å²) in [6.45, 7) is 7.64. The SMILES string of the molecule is CC(C)(C)c1cc(C(=O)N2CCC(CO)CC2)no1. The summed E-state index contributed by atoms with van der Waals surface area (Å²) in [6, 6.07) is 1.74. The highest BCUT2D eigenvalue weighted by Crippen LogP contribution is 2.24. The molecule has 5 heteroatoms. The van der Waals surface area contributed by atoms with Crippen LogP contribution < -0.4 is 0 Å². The Labute approximate surface area is 113 Å². The van der Waals surface area contributed by atoms with Gasteiger partial charge in [-0.1, -0.05) is 25.9 Å². The van der Waals surface area contributed by atoms with Crippen LogP contribution in [0.4, 0.5) is 0 Å². The number of carbonyl (C=O) groups is 1. The summed E-state index contributed by atoms with van der Waals surface area (Å²) in [5.41, 5.74) is 0.238. The molecule has 1 aliphatic rings. The normalized spacial score (nSPS) is 17.8. The highest BCUT2D eigenvalue weighted by atomic mass is 16.5. The second kappa shape index (κ2) is 5.33. The fourth-order valence-corrected chi connectivity index (χ4v) is 2.21. The van der Waals surface area contributed by atoms with Gasteiger partial charge >= 0.3 is 0 Å². The maximum atomic E-state index is 12.3. The minimum absolute atomic E-state index is 0.0735. The third kappa shape index (κ3) is 3.15. The predicted octanol–water partition coefficient (Wildman–Crippen LogP) is 1.82. The van der Waals surface area contributed by atoms with Crippen molar-refractivity contribution in [1.82, 2.24) is 10.1 Å². The number of aliphatic hydroxyl groups is 1. The maximum Gasteiger partial charge on any atom is 0.276 e. The van der Waals surface area contributed by atoms with E-state index in [0.29, 0.717) is 24.7 Å². The van der Waals surface area contributed by atoms with Crippen LogP contribution in [0, 0.1) is 5.92 Å². The van der Waals surface area contributed by atoms with Crippen LogP contribution in [0.2, 0.25) is 0 Å². The van der Waals surface area contributed by atoms with Crippen LogP contribution in [0.15, 0.2) is 10.6 Å². The fraction of sp³-hybridized carbons (Fsp3) is 0.714. The number of rotatable bonds is 2. The predicted molar refractivity (Wildman–Crippen MR) is 70.9 cm³/mol. The molecule has 2 rings (SSSR count). The molecule has 0 aliphatic carbocycles. The Morgan fingerprint density at radius 3 is 2.58 bits per heavy atom. The number of likely N-dealkylation sites (tertiary alicyclic amines) is 1. The standard InChI is InChI=1S/C14H22N2O3/c1-14(2,3)12-8-11(15-19-12)13(18)16-6-4-10(9-17)5-7-16/h8,10,17H,4-7,9H2,1-3H3. The van der Waals surface area contributed by atoms with Gasteiger partial charge in [0.25, 0.3) is 5.91 Å². The van der Waals surface area contributed by atoms with Gasteiger partial charge in [0.15, 0.2) is 5.69 Å². The van der Waals surface area contributed by atoms with Crippen LogP contribution in [-0.2, 0) is 5.41 Å². The molecule has 1 amide bonds. The highest BCUT2D eigenvalue weighted by molar-refractivity contribution is 5.92. The van der Waals surface area contributed by atoms with E-state index < -0.39 is 0 Å². The first-order chi connectivity index (χ1) is 8.91. The molecule has 1 aromatic heterocycles. The van der Waals surface area contributed by atoms with Crippen LogP contribution >= 0.6 is 0 Å². The van der Waals surface area contributed by atoms with E-state index in [0.717, 1.165) is 18.6 Å². The van der Waals surface area contributed by atoms with Gasteiger partial charge in [0, 0.05) is 31.2 Å². The molecule has 0 bridgehead atoms. The molecule has 0 unspecified atom stereocenters. The molecule has 1 saturated heterocycles. The summed E-state index contributed by atoms with van der Waals surface area (Å²) in [7, 11) is 0. The molecule has 0 atom stereocenters. The van der Waals surface area contributed by atoms with Gasteiger partial charge in [-0.25, -0.2) is 0 Å². The van der Waals surface area contributed by atoms with E-state index in [1.807, 2.05) is 20.8 Å². The third-order valence-electron chi connectivity index (χ3n) is 3.63. The zero-order chi connectivity index (χ0) is 14.0. The molecular weight excluding hydrogens is 244 g/mol. The lowest BCUT2D eigenvalue weighted by Gasteiger charge is -2.30. The average molecular weight is 266 g/mol. The summed E-state index contributed by atoms with van der Waals surface area (Å²) in [5, 5.41) is 13.0. The van der Waals surface area contributed by atoms with Crippen molar-refractivity contribution in [2.45, 2.75) is 39.0 Å². The number of hydrogen-bond acceptors (Lipinski definition) is 4. The van der Waals surface area contributed by atoms with Gasteiger partial charge in [-0.15, -0.1) is 0 Å². The number of aliphatic hydroxyl groups excluding tert-OH is 1. The number of nitrogens with zero attached hydrogens (tertiary/aromatic N) is 2. The lowest BCUT2D eigenvalue weighted by Crippen LogP contribution is -2.39. The van der Waals surface area contributed by atoms with Crippen molar-refractivity contribution in [1.29, 1.82) is 0 Å². The molecule has 0 spiro atoms. The van der Waals surface area contributed by atoms with Crippen LogP contribution in [0.25, 0.3) is 0 Å². The van der Waals surface area contributed by atoms with Gasteiger partial charge < -0.3 is 14.5 Å². The lowest BCUT2D eigenvalue weighted by atomic mass is 9.93. The monoisotopic (exact) mass is 266 g/mol. The minimum Gasteiger partial charge on any atom is -0.396 e. The second-order valence-corrected chi connectivity index (χ2v) is 6.24. The average Bonchev–Trinajstić information content (AvgIpc) is 2.87. The molecule has 0 aromatic carbocycles. The minimum atomic E-state index is -0.143. The Morgan fingerprint density at radius 1 is 1.47 bits per heavy atom. The smallest absolute Gasteiger partial charge is 0.276 e. The van der Waals surface area contributed by atoms with E-state index in [1.54, 1.807) is 11.0 Å². The first-order valence-corrected chi connectivity index (χ1v) is 6.79. The first-order valence-electron chi connectivity index (χ1n) is 6.79. The van der Waals surface area contributed by atoms with Crippen molar-refractivity contribution in [3.05, 3.63) is 17.5 Å². The summed E-state index contributed by atoms with van der Waals surface area (Å²) >= 11 is 0. The quantitative estimate of drug-likeness (QED) is 0.886. The summed E-state index contributed by atoms with van der Waals surface area (Å²) in [4.78, 5) is 14.1. The van der Waals surface area contributed by atoms with Gasteiger partial charge in [-0.05, 0) is 18.8 Å². The van der Waals surface area contributed by atoms with E-state index in [1.165, 1.54) is 0 Å². The Balaban J connectivity index is 2.02. The van der Waals surface area contributed by atoms with Crippen molar-refractivity contribution in [2.75, 3.05) is 19.7 Å². The molecule has 19 heavy (non-hydrogen) atoms. The third-order valence-corrected chi connectivity index (χ3v) is 3.63. The molecule has 1 fully saturated rings. The largest absolute Gasteiger partial charge is 0.396 e. The Morgan fingerprint density at radius 2 is 2.11 bits per heavy atom. The number of hydrogen-bond donors (Lipinski definition) is 1. The maximum absolute atomic E-state index is 12.3.